The number of rotatable bonds is 8. The van der Waals surface area contributed by atoms with Gasteiger partial charge in [0.05, 0.1) is 31.9 Å². The molecule has 0 aliphatic carbocycles. The molecule has 0 saturated heterocycles. The maximum Gasteiger partial charge on any atom is 0.322 e. The number of aromatic hydroxyl groups is 1. The van der Waals surface area contributed by atoms with E-state index in [1.165, 1.54) is 12.7 Å². The predicted molar refractivity (Wildman–Crippen MR) is 126 cm³/mol. The van der Waals surface area contributed by atoms with E-state index in [-0.39, 0.29) is 17.7 Å². The first-order valence-electron chi connectivity index (χ1n) is 11.0. The largest absolute Gasteiger partial charge is 0.504 e. The molecule has 1 aromatic heterocycles. The number of carbonyl (C=O) groups is 1. The number of benzene rings is 2. The van der Waals surface area contributed by atoms with Crippen LogP contribution in [0.25, 0.3) is 17.0 Å². The van der Waals surface area contributed by atoms with Crippen molar-refractivity contribution in [2.45, 2.75) is 26.3 Å². The van der Waals surface area contributed by atoms with Crippen molar-refractivity contribution in [3.8, 4) is 22.9 Å². The minimum atomic E-state index is -0.612. The quantitative estimate of drug-likeness (QED) is 0.515. The monoisotopic (exact) mass is 464 g/mol. The Morgan fingerprint density at radius 3 is 2.59 bits per heavy atom. The predicted octanol–water partition coefficient (Wildman–Crippen LogP) is 4.16. The number of phenolic OH excluding ortho intramolecular Hbond substituents is 1. The Labute approximate surface area is 198 Å². The number of carbonyl (C=O) groups excluding carboxylic acids is 1. The first-order chi connectivity index (χ1) is 16.5. The third-order valence-electron chi connectivity index (χ3n) is 5.93. The van der Waals surface area contributed by atoms with E-state index in [0.29, 0.717) is 41.6 Å². The second-order valence-electron chi connectivity index (χ2n) is 7.93. The lowest BCUT2D eigenvalue weighted by Crippen LogP contribution is -2.47. The van der Waals surface area contributed by atoms with E-state index in [2.05, 4.69) is 22.4 Å². The van der Waals surface area contributed by atoms with Gasteiger partial charge in [-0.1, -0.05) is 42.4 Å². The summed E-state index contributed by atoms with van der Waals surface area (Å²) in [5, 5.41) is 17.5. The summed E-state index contributed by atoms with van der Waals surface area (Å²) in [6.45, 7) is 4.66. The van der Waals surface area contributed by atoms with Gasteiger partial charge in [0, 0.05) is 18.4 Å². The van der Waals surface area contributed by atoms with Crippen LogP contribution in [-0.4, -0.2) is 53.5 Å². The van der Waals surface area contributed by atoms with Gasteiger partial charge in [0.25, 0.3) is 5.89 Å². The van der Waals surface area contributed by atoms with Crippen molar-refractivity contribution in [3.05, 3.63) is 65.2 Å². The van der Waals surface area contributed by atoms with Crippen LogP contribution in [0.15, 0.2) is 52.7 Å². The van der Waals surface area contributed by atoms with Gasteiger partial charge in [-0.15, -0.1) is 0 Å². The van der Waals surface area contributed by atoms with Crippen molar-refractivity contribution >= 4 is 11.6 Å². The molecule has 2 heterocycles. The molecule has 1 atom stereocenters. The number of urea groups is 1. The molecule has 0 bridgehead atoms. The molecule has 0 saturated carbocycles. The van der Waals surface area contributed by atoms with E-state index < -0.39 is 6.04 Å². The van der Waals surface area contributed by atoms with Crippen LogP contribution < -0.4 is 10.1 Å². The van der Waals surface area contributed by atoms with Crippen molar-refractivity contribution < 1.29 is 23.9 Å². The van der Waals surface area contributed by atoms with E-state index in [0.717, 1.165) is 12.0 Å². The van der Waals surface area contributed by atoms with Gasteiger partial charge < -0.3 is 24.4 Å². The molecule has 3 aromatic rings. The zero-order chi connectivity index (χ0) is 24.2. The number of amides is 2. The fourth-order valence-corrected chi connectivity index (χ4v) is 3.99. The number of nitrogens with one attached hydrogen (secondary N) is 1. The zero-order valence-corrected chi connectivity index (χ0v) is 19.7. The van der Waals surface area contributed by atoms with Crippen LogP contribution in [0.5, 0.6) is 11.5 Å². The van der Waals surface area contributed by atoms with Gasteiger partial charge in [0.1, 0.15) is 0 Å². The van der Waals surface area contributed by atoms with Gasteiger partial charge in [-0.25, -0.2) is 4.79 Å². The fourth-order valence-electron chi connectivity index (χ4n) is 3.99. The highest BCUT2D eigenvalue weighted by atomic mass is 16.5. The summed E-state index contributed by atoms with van der Waals surface area (Å²) in [5.74, 6) is 1.05. The van der Waals surface area contributed by atoms with Gasteiger partial charge in [-0.05, 0) is 36.6 Å². The number of hydrogen-bond donors (Lipinski definition) is 2. The Morgan fingerprint density at radius 1 is 1.18 bits per heavy atom. The smallest absolute Gasteiger partial charge is 0.322 e. The molecule has 2 N–H and O–H groups in total. The molecule has 1 aliphatic rings. The lowest BCUT2D eigenvalue weighted by atomic mass is 9.94. The molecule has 0 radical (unpaired) electrons. The number of allylic oxidation sites excluding steroid dienone is 1. The summed E-state index contributed by atoms with van der Waals surface area (Å²) in [6, 6.07) is 12.1. The van der Waals surface area contributed by atoms with Crippen LogP contribution in [0, 0.1) is 0 Å². The third kappa shape index (κ3) is 4.47. The highest BCUT2D eigenvalue weighted by molar-refractivity contribution is 5.87. The normalized spacial score (nSPS) is 16.1. The van der Waals surface area contributed by atoms with E-state index in [1.54, 1.807) is 30.2 Å². The van der Waals surface area contributed by atoms with Gasteiger partial charge in [0.15, 0.2) is 11.5 Å². The lowest BCUT2D eigenvalue weighted by Gasteiger charge is -2.35. The third-order valence-corrected chi connectivity index (χ3v) is 5.93. The van der Waals surface area contributed by atoms with Crippen LogP contribution in [0.2, 0.25) is 0 Å². The minimum Gasteiger partial charge on any atom is -0.504 e. The molecule has 0 fully saturated rings. The van der Waals surface area contributed by atoms with E-state index in [9.17, 15) is 9.90 Å². The van der Waals surface area contributed by atoms with Crippen molar-refractivity contribution in [1.82, 2.24) is 20.4 Å². The first kappa shape index (κ1) is 23.3. The first-order valence-corrected chi connectivity index (χ1v) is 11.0. The number of phenols is 1. The van der Waals surface area contributed by atoms with Crippen LogP contribution in [0.4, 0.5) is 4.79 Å². The SMILES string of the molecule is CCc1ccc(-c2noc(C3=C(C)N(CCOC)C(=O)NC3c3ccc(OC)c(O)c3)n2)cc1. The maximum atomic E-state index is 12.9. The molecular weight excluding hydrogens is 436 g/mol. The van der Waals surface area contributed by atoms with Crippen LogP contribution in [0.1, 0.15) is 36.9 Å². The highest BCUT2D eigenvalue weighted by Crippen LogP contribution is 2.39. The number of hydrogen-bond acceptors (Lipinski definition) is 7. The average molecular weight is 465 g/mol. The molecule has 34 heavy (non-hydrogen) atoms. The second-order valence-corrected chi connectivity index (χ2v) is 7.93. The molecule has 0 spiro atoms. The lowest BCUT2D eigenvalue weighted by molar-refractivity contribution is 0.158. The van der Waals surface area contributed by atoms with E-state index in [4.69, 9.17) is 14.0 Å². The molecule has 2 amide bonds. The second kappa shape index (κ2) is 9.96. The van der Waals surface area contributed by atoms with Crippen molar-refractivity contribution in [1.29, 1.82) is 0 Å². The molecule has 9 heteroatoms. The number of methoxy groups -OCH3 is 2. The van der Waals surface area contributed by atoms with Crippen molar-refractivity contribution in [3.63, 3.8) is 0 Å². The Kier molecular flexibility index (Phi) is 6.83. The molecular formula is C25H28N4O5. The topological polar surface area (TPSA) is 110 Å². The summed E-state index contributed by atoms with van der Waals surface area (Å²) in [4.78, 5) is 19.2. The van der Waals surface area contributed by atoms with E-state index >= 15 is 0 Å². The molecule has 2 aromatic carbocycles. The Hall–Kier alpha value is -3.85. The Balaban J connectivity index is 1.78. The summed E-state index contributed by atoms with van der Waals surface area (Å²) in [6.07, 6.45) is 0.942. The van der Waals surface area contributed by atoms with E-state index in [1.807, 2.05) is 31.2 Å². The number of aryl methyl sites for hydroxylation is 1. The number of aromatic nitrogens is 2. The standard InChI is InChI=1S/C25H28N4O5/c1-5-16-6-8-17(9-7-16)23-27-24(34-28-23)21-15(2)29(12-13-32-3)25(31)26-22(21)18-10-11-20(33-4)19(30)14-18/h6-11,14,22,30H,5,12-13H2,1-4H3,(H,26,31). The maximum absolute atomic E-state index is 12.9. The minimum absolute atomic E-state index is 0.0321. The Bertz CT molecular complexity index is 1200. The molecule has 1 unspecified atom stereocenters. The van der Waals surface area contributed by atoms with Gasteiger partial charge in [0.2, 0.25) is 5.82 Å². The van der Waals surface area contributed by atoms with Crippen LogP contribution in [-0.2, 0) is 11.2 Å². The molecule has 1 aliphatic heterocycles. The Morgan fingerprint density at radius 2 is 1.94 bits per heavy atom. The summed E-state index contributed by atoms with van der Waals surface area (Å²) >= 11 is 0. The highest BCUT2D eigenvalue weighted by Gasteiger charge is 2.36. The summed E-state index contributed by atoms with van der Waals surface area (Å²) in [5.41, 5.74) is 4.01. The molecule has 9 nitrogen and oxygen atoms in total. The van der Waals surface area contributed by atoms with Gasteiger partial charge >= 0.3 is 6.03 Å². The average Bonchev–Trinajstić information content (AvgIpc) is 3.33. The zero-order valence-electron chi connectivity index (χ0n) is 19.7. The molecule has 4 rings (SSSR count). The summed E-state index contributed by atoms with van der Waals surface area (Å²) < 4.78 is 16.0. The van der Waals surface area contributed by atoms with Gasteiger partial charge in [-0.2, -0.15) is 4.98 Å². The molecule has 178 valence electrons. The summed E-state index contributed by atoms with van der Waals surface area (Å²) in [7, 11) is 3.06. The van der Waals surface area contributed by atoms with Crippen molar-refractivity contribution in [2.75, 3.05) is 27.4 Å². The van der Waals surface area contributed by atoms with Crippen LogP contribution in [0.3, 0.4) is 0 Å². The van der Waals surface area contributed by atoms with Gasteiger partial charge in [-0.3, -0.25) is 4.90 Å². The number of nitrogens with zero attached hydrogens (tertiary/aromatic N) is 3. The van der Waals surface area contributed by atoms with Crippen LogP contribution >= 0.6 is 0 Å². The number of ether oxygens (including phenoxy) is 2. The van der Waals surface area contributed by atoms with Crippen molar-refractivity contribution in [2.24, 2.45) is 0 Å². The fraction of sp³-hybridized carbons (Fsp3) is 0.320.